The van der Waals surface area contributed by atoms with Crippen LogP contribution in [-0.4, -0.2) is 30.0 Å². The van der Waals surface area contributed by atoms with E-state index < -0.39 is 0 Å². The van der Waals surface area contributed by atoms with Crippen molar-refractivity contribution in [1.82, 2.24) is 10.3 Å². The van der Waals surface area contributed by atoms with Gasteiger partial charge in [0.15, 0.2) is 0 Å². The second kappa shape index (κ2) is 7.77. The molecule has 4 heteroatoms. The molecule has 1 rings (SSSR count). The summed E-state index contributed by atoms with van der Waals surface area (Å²) in [5, 5.41) is 2.89. The lowest BCUT2D eigenvalue weighted by atomic mass is 10.2. The molecule has 1 heterocycles. The van der Waals surface area contributed by atoms with Gasteiger partial charge in [-0.25, -0.2) is 0 Å². The highest BCUT2D eigenvalue weighted by Crippen LogP contribution is 2.15. The zero-order valence-corrected chi connectivity index (χ0v) is 12.4. The molecule has 0 aromatic carbocycles. The summed E-state index contributed by atoms with van der Waals surface area (Å²) in [5.74, 6) is -0.0581. The van der Waals surface area contributed by atoms with E-state index in [4.69, 9.17) is 0 Å². The third-order valence-corrected chi connectivity index (χ3v) is 2.76. The lowest BCUT2D eigenvalue weighted by Crippen LogP contribution is -2.31. The molecule has 0 unspecified atom stereocenters. The van der Waals surface area contributed by atoms with Crippen molar-refractivity contribution < 1.29 is 4.79 Å². The molecule has 1 amide bonds. The Morgan fingerprint density at radius 1 is 1.26 bits per heavy atom. The number of hydrogen-bond donors (Lipinski definition) is 1. The second-order valence-corrected chi connectivity index (χ2v) is 5.05. The van der Waals surface area contributed by atoms with Gasteiger partial charge in [-0.3, -0.25) is 9.78 Å². The number of pyridine rings is 1. The fourth-order valence-electron chi connectivity index (χ4n) is 1.98. The van der Waals surface area contributed by atoms with Crippen molar-refractivity contribution in [3.05, 3.63) is 24.0 Å². The van der Waals surface area contributed by atoms with Gasteiger partial charge in [0.05, 0.1) is 17.4 Å². The number of nitrogens with one attached hydrogen (secondary N) is 1. The van der Waals surface area contributed by atoms with Crippen LogP contribution >= 0.6 is 0 Å². The molecule has 0 bridgehead atoms. The first-order valence-corrected chi connectivity index (χ1v) is 7.09. The van der Waals surface area contributed by atoms with E-state index in [2.05, 4.69) is 29.0 Å². The van der Waals surface area contributed by atoms with Crippen molar-refractivity contribution in [2.24, 2.45) is 0 Å². The number of carbonyl (C=O) groups is 1. The van der Waals surface area contributed by atoms with E-state index in [0.717, 1.165) is 31.6 Å². The Balaban J connectivity index is 2.88. The van der Waals surface area contributed by atoms with Crippen LogP contribution in [0.2, 0.25) is 0 Å². The molecule has 0 atom stereocenters. The summed E-state index contributed by atoms with van der Waals surface area (Å²) in [5.41, 5.74) is 1.66. The van der Waals surface area contributed by atoms with Crippen LogP contribution in [0.25, 0.3) is 0 Å². The van der Waals surface area contributed by atoms with Crippen molar-refractivity contribution in [2.75, 3.05) is 18.0 Å². The Labute approximate surface area is 116 Å². The molecule has 4 nitrogen and oxygen atoms in total. The van der Waals surface area contributed by atoms with Gasteiger partial charge in [0, 0.05) is 25.3 Å². The number of anilines is 1. The maximum absolute atomic E-state index is 12.0. The maximum atomic E-state index is 12.0. The molecule has 0 aliphatic heterocycles. The van der Waals surface area contributed by atoms with Gasteiger partial charge in [-0.05, 0) is 32.8 Å². The van der Waals surface area contributed by atoms with Crippen molar-refractivity contribution in [3.8, 4) is 0 Å². The summed E-state index contributed by atoms with van der Waals surface area (Å²) < 4.78 is 0. The van der Waals surface area contributed by atoms with E-state index in [9.17, 15) is 4.79 Å². The van der Waals surface area contributed by atoms with Crippen molar-refractivity contribution in [3.63, 3.8) is 0 Å². The van der Waals surface area contributed by atoms with Crippen molar-refractivity contribution in [1.29, 1.82) is 0 Å². The zero-order chi connectivity index (χ0) is 14.3. The Morgan fingerprint density at radius 2 is 1.89 bits per heavy atom. The van der Waals surface area contributed by atoms with Gasteiger partial charge < -0.3 is 10.2 Å². The molecule has 0 fully saturated rings. The monoisotopic (exact) mass is 263 g/mol. The largest absolute Gasteiger partial charge is 0.370 e. The van der Waals surface area contributed by atoms with Crippen LogP contribution in [0.1, 0.15) is 50.9 Å². The topological polar surface area (TPSA) is 45.2 Å². The number of nitrogens with zero attached hydrogens (tertiary/aromatic N) is 2. The highest BCUT2D eigenvalue weighted by atomic mass is 16.1. The molecule has 1 aromatic heterocycles. The number of aromatic nitrogens is 1. The molecule has 0 radical (unpaired) electrons. The summed E-state index contributed by atoms with van der Waals surface area (Å²) in [6, 6.07) is 2.06. The van der Waals surface area contributed by atoms with Gasteiger partial charge in [-0.2, -0.15) is 0 Å². The average molecular weight is 263 g/mol. The maximum Gasteiger partial charge on any atom is 0.253 e. The predicted molar refractivity (Wildman–Crippen MR) is 79.6 cm³/mol. The van der Waals surface area contributed by atoms with Crippen molar-refractivity contribution in [2.45, 2.75) is 46.6 Å². The summed E-state index contributed by atoms with van der Waals surface area (Å²) in [4.78, 5) is 18.4. The minimum atomic E-state index is -0.0581. The molecule has 1 aromatic rings. The van der Waals surface area contributed by atoms with Gasteiger partial charge >= 0.3 is 0 Å². The van der Waals surface area contributed by atoms with Crippen LogP contribution < -0.4 is 10.2 Å². The Morgan fingerprint density at radius 3 is 2.42 bits per heavy atom. The number of rotatable bonds is 7. The highest BCUT2D eigenvalue weighted by molar-refractivity contribution is 5.94. The third kappa shape index (κ3) is 4.89. The molecular weight excluding hydrogens is 238 g/mol. The molecule has 0 saturated heterocycles. The van der Waals surface area contributed by atoms with Gasteiger partial charge in [0.2, 0.25) is 0 Å². The van der Waals surface area contributed by atoms with Gasteiger partial charge in [-0.1, -0.05) is 13.8 Å². The average Bonchev–Trinajstić information content (AvgIpc) is 2.38. The predicted octanol–water partition coefficient (Wildman–Crippen LogP) is 2.85. The quantitative estimate of drug-likeness (QED) is 0.822. The van der Waals surface area contributed by atoms with Crippen LogP contribution in [0, 0.1) is 0 Å². The van der Waals surface area contributed by atoms with E-state index in [0.29, 0.717) is 5.56 Å². The summed E-state index contributed by atoms with van der Waals surface area (Å²) in [6.45, 7) is 10.2. The van der Waals surface area contributed by atoms with E-state index in [1.54, 1.807) is 6.20 Å². The highest BCUT2D eigenvalue weighted by Gasteiger charge is 2.11. The number of carbonyl (C=O) groups excluding carboxylic acids is 1. The molecule has 0 aliphatic carbocycles. The van der Waals surface area contributed by atoms with E-state index in [1.807, 2.05) is 26.1 Å². The first-order valence-electron chi connectivity index (χ1n) is 7.09. The molecule has 1 N–H and O–H groups in total. The van der Waals surface area contributed by atoms with Crippen LogP contribution in [0.3, 0.4) is 0 Å². The Kier molecular flexibility index (Phi) is 6.33. The first-order chi connectivity index (χ1) is 9.08. The summed E-state index contributed by atoms with van der Waals surface area (Å²) >= 11 is 0. The number of amides is 1. The number of hydrogen-bond acceptors (Lipinski definition) is 3. The van der Waals surface area contributed by atoms with Crippen LogP contribution in [0.15, 0.2) is 18.5 Å². The molecular formula is C15H25N3O. The third-order valence-electron chi connectivity index (χ3n) is 2.76. The van der Waals surface area contributed by atoms with Crippen LogP contribution in [0.4, 0.5) is 5.69 Å². The fourth-order valence-corrected chi connectivity index (χ4v) is 1.98. The Hall–Kier alpha value is -1.58. The lowest BCUT2D eigenvalue weighted by Gasteiger charge is -2.23. The van der Waals surface area contributed by atoms with Crippen LogP contribution in [-0.2, 0) is 0 Å². The zero-order valence-electron chi connectivity index (χ0n) is 12.4. The van der Waals surface area contributed by atoms with E-state index in [-0.39, 0.29) is 11.9 Å². The molecule has 106 valence electrons. The molecule has 0 spiro atoms. The first kappa shape index (κ1) is 15.5. The van der Waals surface area contributed by atoms with E-state index in [1.165, 1.54) is 0 Å². The molecule has 0 aliphatic rings. The van der Waals surface area contributed by atoms with Gasteiger partial charge in [-0.15, -0.1) is 0 Å². The SMILES string of the molecule is CCCN(CCC)c1cncc(C(=O)NC(C)C)c1. The minimum absolute atomic E-state index is 0.0581. The second-order valence-electron chi connectivity index (χ2n) is 5.05. The molecule has 19 heavy (non-hydrogen) atoms. The van der Waals surface area contributed by atoms with E-state index >= 15 is 0 Å². The van der Waals surface area contributed by atoms with Crippen LogP contribution in [0.5, 0.6) is 0 Å². The summed E-state index contributed by atoms with van der Waals surface area (Å²) in [7, 11) is 0. The van der Waals surface area contributed by atoms with Gasteiger partial charge in [0.25, 0.3) is 5.91 Å². The lowest BCUT2D eigenvalue weighted by molar-refractivity contribution is 0.0943. The smallest absolute Gasteiger partial charge is 0.253 e. The summed E-state index contributed by atoms with van der Waals surface area (Å²) in [6.07, 6.45) is 5.62. The standard InChI is InChI=1S/C15H25N3O/c1-5-7-18(8-6-2)14-9-13(10-16-11-14)15(19)17-12(3)4/h9-12H,5-8H2,1-4H3,(H,17,19). The normalized spacial score (nSPS) is 10.6. The van der Waals surface area contributed by atoms with Gasteiger partial charge in [0.1, 0.15) is 0 Å². The fraction of sp³-hybridized carbons (Fsp3) is 0.600. The minimum Gasteiger partial charge on any atom is -0.370 e. The molecule has 0 saturated carbocycles. The van der Waals surface area contributed by atoms with Crippen molar-refractivity contribution >= 4 is 11.6 Å². The Bertz CT molecular complexity index is 398.